The van der Waals surface area contributed by atoms with E-state index >= 15 is 0 Å². The first-order chi connectivity index (χ1) is 10.2. The van der Waals surface area contributed by atoms with E-state index in [4.69, 9.17) is 1.37 Å². The molecular weight excluding hydrogens is 300 g/mol. The number of aliphatic hydroxyl groups excluding tert-OH is 3. The Morgan fingerprint density at radius 2 is 1.86 bits per heavy atom. The fourth-order valence-corrected chi connectivity index (χ4v) is 2.36. The Kier molecular flexibility index (Phi) is 5.43. The Bertz CT molecular complexity index is 599. The summed E-state index contributed by atoms with van der Waals surface area (Å²) in [6.07, 6.45) is -5.42. The zero-order valence-electron chi connectivity index (χ0n) is 12.3. The zero-order valence-corrected chi connectivity index (χ0v) is 12.2. The third-order valence-corrected chi connectivity index (χ3v) is 4.04. The average molecular weight is 319 g/mol. The second-order valence-corrected chi connectivity index (χ2v) is 6.11. The van der Waals surface area contributed by atoms with Gasteiger partial charge in [-0.15, -0.1) is 0 Å². The number of hydrogen-bond acceptors (Lipinski definition) is 7. The average Bonchev–Trinajstić information content (AvgIpc) is 2.51. The zero-order chi connectivity index (χ0) is 16.9. The van der Waals surface area contributed by atoms with Gasteiger partial charge in [-0.1, -0.05) is 17.7 Å². The van der Waals surface area contributed by atoms with E-state index in [-0.39, 0.29) is 11.8 Å². The molecule has 1 aromatic rings. The molecule has 7 nitrogen and oxygen atoms in total. The van der Waals surface area contributed by atoms with Gasteiger partial charge in [0.15, 0.2) is 5.78 Å². The first-order valence-corrected chi connectivity index (χ1v) is 7.42. The summed E-state index contributed by atoms with van der Waals surface area (Å²) < 4.78 is 35.5. The van der Waals surface area contributed by atoms with Crippen LogP contribution in [0.25, 0.3) is 0 Å². The maximum Gasteiger partial charge on any atom is 0.297 e. The number of rotatable bonds is 7. The highest BCUT2D eigenvalue weighted by atomic mass is 32.2. The normalized spacial score (nSPS) is 16.9. The smallest absolute Gasteiger partial charge is 0.297 e. The Morgan fingerprint density at radius 1 is 1.29 bits per heavy atom. The van der Waals surface area contributed by atoms with Gasteiger partial charge >= 0.3 is 0 Å². The molecule has 1 rings (SSSR count). The molecule has 118 valence electrons. The van der Waals surface area contributed by atoms with Crippen LogP contribution in [0.2, 0.25) is 0 Å². The van der Waals surface area contributed by atoms with Crippen molar-refractivity contribution in [1.29, 1.82) is 0 Å². The number of benzene rings is 1. The van der Waals surface area contributed by atoms with Gasteiger partial charge in [-0.3, -0.25) is 8.98 Å². The summed E-state index contributed by atoms with van der Waals surface area (Å²) in [5.74, 6) is -0.764. The van der Waals surface area contributed by atoms with Crippen LogP contribution in [0.15, 0.2) is 29.2 Å². The van der Waals surface area contributed by atoms with Gasteiger partial charge in [0, 0.05) is 1.37 Å². The van der Waals surface area contributed by atoms with Gasteiger partial charge in [-0.05, 0) is 26.0 Å². The molecule has 0 heterocycles. The number of hydrogen-bond donors (Lipinski definition) is 3. The van der Waals surface area contributed by atoms with Gasteiger partial charge in [0.25, 0.3) is 10.1 Å². The van der Waals surface area contributed by atoms with Crippen LogP contribution in [0, 0.1) is 6.90 Å². The molecule has 21 heavy (non-hydrogen) atoms. The van der Waals surface area contributed by atoms with Crippen molar-refractivity contribution in [3.63, 3.8) is 0 Å². The minimum Gasteiger partial charge on any atom is -0.388 e. The summed E-state index contributed by atoms with van der Waals surface area (Å²) in [6.45, 7) is 0.217. The van der Waals surface area contributed by atoms with Crippen molar-refractivity contribution in [2.24, 2.45) is 0 Å². The molecule has 1 aromatic carbocycles. The van der Waals surface area contributed by atoms with E-state index in [1.54, 1.807) is 0 Å². The van der Waals surface area contributed by atoms with E-state index in [2.05, 4.69) is 4.18 Å². The molecule has 0 aliphatic carbocycles. The maximum absolute atomic E-state index is 11.9. The predicted molar refractivity (Wildman–Crippen MR) is 73.0 cm³/mol. The molecule has 0 spiro atoms. The Labute approximate surface area is 124 Å². The van der Waals surface area contributed by atoms with E-state index in [1.165, 1.54) is 24.3 Å². The molecule has 0 radical (unpaired) electrons. The van der Waals surface area contributed by atoms with Crippen LogP contribution in [0.3, 0.4) is 0 Å². The molecule has 3 N–H and O–H groups in total. The highest BCUT2D eigenvalue weighted by Gasteiger charge is 2.29. The number of ketones is 1. The van der Waals surface area contributed by atoms with Crippen molar-refractivity contribution < 1.29 is 34.1 Å². The lowest BCUT2D eigenvalue weighted by atomic mass is 10.1. The summed E-state index contributed by atoms with van der Waals surface area (Å²) in [5, 5.41) is 28.3. The van der Waals surface area contributed by atoms with E-state index in [1.807, 2.05) is 0 Å². The van der Waals surface area contributed by atoms with E-state index in [9.17, 15) is 28.5 Å². The molecule has 0 aromatic heterocycles. The van der Waals surface area contributed by atoms with Crippen LogP contribution in [0.4, 0.5) is 0 Å². The van der Waals surface area contributed by atoms with Crippen molar-refractivity contribution in [2.75, 3.05) is 6.61 Å². The molecule has 0 saturated heterocycles. The molecule has 8 heteroatoms. The molecule has 0 bridgehead atoms. The third kappa shape index (κ3) is 4.87. The standard InChI is InChI=1S/C13H18O7S/c1-8-3-5-10(6-4-8)21(18,19)20-7-11(15)13(17)12(16)9(2)14/h3-6,11-13,15-17H,7H2,1-2H3/t11-,12+,13-/m1/s1/i1D. The lowest BCUT2D eigenvalue weighted by Gasteiger charge is -2.20. The lowest BCUT2D eigenvalue weighted by Crippen LogP contribution is -2.43. The van der Waals surface area contributed by atoms with Gasteiger partial charge in [0.05, 0.1) is 11.5 Å². The minimum atomic E-state index is -4.16. The highest BCUT2D eigenvalue weighted by molar-refractivity contribution is 7.86. The van der Waals surface area contributed by atoms with Crippen molar-refractivity contribution in [3.8, 4) is 0 Å². The lowest BCUT2D eigenvalue weighted by molar-refractivity contribution is -0.137. The largest absolute Gasteiger partial charge is 0.388 e. The first-order valence-electron chi connectivity index (χ1n) is 6.72. The Hall–Kier alpha value is -1.32. The number of carbonyl (C=O) groups excluding carboxylic acids is 1. The summed E-state index contributed by atoms with van der Waals surface area (Å²) in [7, 11) is -4.16. The molecule has 0 aliphatic heterocycles. The van der Waals surface area contributed by atoms with Gasteiger partial charge in [-0.25, -0.2) is 0 Å². The van der Waals surface area contributed by atoms with Crippen LogP contribution in [-0.4, -0.2) is 54.4 Å². The number of Topliss-reactive ketones (excluding diaryl/α,β-unsaturated/α-hetero) is 1. The summed E-state index contributed by atoms with van der Waals surface area (Å²) in [6, 6.07) is 5.42. The molecule has 3 atom stereocenters. The SMILES string of the molecule is [2H]Cc1ccc(S(=O)(=O)OC[C@@H](O)[C@@H](O)[C@@H](O)C(C)=O)cc1. The van der Waals surface area contributed by atoms with E-state index in [0.29, 0.717) is 5.56 Å². The van der Waals surface area contributed by atoms with Gasteiger partial charge in [0.2, 0.25) is 0 Å². The van der Waals surface area contributed by atoms with Crippen molar-refractivity contribution in [2.45, 2.75) is 37.0 Å². The van der Waals surface area contributed by atoms with Gasteiger partial charge in [0.1, 0.15) is 18.3 Å². The Morgan fingerprint density at radius 3 is 2.33 bits per heavy atom. The molecule has 0 amide bonds. The molecule has 0 saturated carbocycles. The second kappa shape index (κ2) is 7.10. The summed E-state index contributed by atoms with van der Waals surface area (Å²) >= 11 is 0. The summed E-state index contributed by atoms with van der Waals surface area (Å²) in [4.78, 5) is 10.7. The van der Waals surface area contributed by atoms with Crippen LogP contribution in [-0.2, 0) is 19.1 Å². The number of aryl methyl sites for hydroxylation is 1. The van der Waals surface area contributed by atoms with Crippen LogP contribution >= 0.6 is 0 Å². The molecular formula is C13H18O7S. The van der Waals surface area contributed by atoms with Gasteiger partial charge in [-0.2, -0.15) is 8.42 Å². The molecule has 0 aliphatic rings. The highest BCUT2D eigenvalue weighted by Crippen LogP contribution is 2.14. The third-order valence-electron chi connectivity index (χ3n) is 2.74. The van der Waals surface area contributed by atoms with Gasteiger partial charge < -0.3 is 15.3 Å². The quantitative estimate of drug-likeness (QED) is 0.572. The maximum atomic E-state index is 11.9. The minimum absolute atomic E-state index is 0.00895. The van der Waals surface area contributed by atoms with E-state index < -0.39 is 40.8 Å². The van der Waals surface area contributed by atoms with Crippen molar-refractivity contribution in [1.82, 2.24) is 0 Å². The molecule has 0 unspecified atom stereocenters. The van der Waals surface area contributed by atoms with Crippen molar-refractivity contribution >= 4 is 15.9 Å². The Balaban J connectivity index is 2.70. The van der Waals surface area contributed by atoms with Crippen LogP contribution < -0.4 is 0 Å². The van der Waals surface area contributed by atoms with Crippen LogP contribution in [0.5, 0.6) is 0 Å². The molecule has 0 fully saturated rings. The topological polar surface area (TPSA) is 121 Å². The van der Waals surface area contributed by atoms with E-state index in [0.717, 1.165) is 6.92 Å². The summed E-state index contributed by atoms with van der Waals surface area (Å²) in [5.41, 5.74) is 0.624. The predicted octanol–water partition coefficient (Wildman–Crippen LogP) is -0.628. The number of aliphatic hydroxyl groups is 3. The van der Waals surface area contributed by atoms with Crippen molar-refractivity contribution in [3.05, 3.63) is 29.8 Å². The fraction of sp³-hybridized carbons (Fsp3) is 0.462. The monoisotopic (exact) mass is 319 g/mol. The first kappa shape index (κ1) is 16.1. The van der Waals surface area contributed by atoms with Crippen LogP contribution in [0.1, 0.15) is 13.9 Å². The number of carbonyl (C=O) groups is 1. The fourth-order valence-electron chi connectivity index (χ4n) is 1.43. The second-order valence-electron chi connectivity index (χ2n) is 4.50.